The van der Waals surface area contributed by atoms with Gasteiger partial charge in [-0.15, -0.1) is 0 Å². The second kappa shape index (κ2) is 4.29. The van der Waals surface area contributed by atoms with Crippen molar-refractivity contribution < 1.29 is 8.42 Å². The summed E-state index contributed by atoms with van der Waals surface area (Å²) in [6.45, 7) is 3.81. The Morgan fingerprint density at radius 2 is 1.73 bits per heavy atom. The molecule has 0 heterocycles. The van der Waals surface area contributed by atoms with E-state index in [0.29, 0.717) is 10.6 Å². The van der Waals surface area contributed by atoms with E-state index in [9.17, 15) is 8.42 Å². The molecule has 0 atom stereocenters. The van der Waals surface area contributed by atoms with E-state index in [2.05, 4.69) is 0 Å². The lowest BCUT2D eigenvalue weighted by atomic mass is 10.0. The fourth-order valence-electron chi connectivity index (χ4n) is 1.21. The van der Waals surface area contributed by atoms with Crippen molar-refractivity contribution >= 4 is 33.2 Å². The van der Waals surface area contributed by atoms with Crippen molar-refractivity contribution in [1.29, 1.82) is 0 Å². The Hall–Kier alpha value is -0.290. The van der Waals surface area contributed by atoms with Gasteiger partial charge in [-0.2, -0.15) is 0 Å². The lowest BCUT2D eigenvalue weighted by molar-refractivity contribution is 0.597. The average Bonchev–Trinajstić information content (AvgIpc) is 2.00. The van der Waals surface area contributed by atoms with Crippen molar-refractivity contribution in [2.45, 2.75) is 24.7 Å². The molecule has 0 saturated heterocycles. The highest BCUT2D eigenvalue weighted by molar-refractivity contribution is 7.89. The van der Waals surface area contributed by atoms with Crippen LogP contribution < -0.4 is 5.14 Å². The minimum absolute atomic E-state index is 0.0481. The highest BCUT2D eigenvalue weighted by Gasteiger charge is 2.17. The predicted molar refractivity (Wildman–Crippen MR) is 61.9 cm³/mol. The van der Waals surface area contributed by atoms with Gasteiger partial charge < -0.3 is 0 Å². The molecule has 1 aromatic rings. The van der Waals surface area contributed by atoms with Gasteiger partial charge in [0.1, 0.15) is 4.90 Å². The topological polar surface area (TPSA) is 60.2 Å². The Balaban J connectivity index is 3.50. The molecule has 15 heavy (non-hydrogen) atoms. The van der Waals surface area contributed by atoms with E-state index in [1.54, 1.807) is 0 Å². The van der Waals surface area contributed by atoms with Gasteiger partial charge in [0.05, 0.1) is 5.02 Å². The molecule has 0 bridgehead atoms. The molecule has 2 N–H and O–H groups in total. The molecule has 0 radical (unpaired) electrons. The monoisotopic (exact) mass is 267 g/mol. The van der Waals surface area contributed by atoms with Gasteiger partial charge in [-0.25, -0.2) is 13.6 Å². The molecule has 6 heteroatoms. The van der Waals surface area contributed by atoms with Gasteiger partial charge in [-0.1, -0.05) is 37.0 Å². The Morgan fingerprint density at radius 1 is 1.20 bits per heavy atom. The van der Waals surface area contributed by atoms with E-state index in [0.717, 1.165) is 0 Å². The zero-order valence-corrected chi connectivity index (χ0v) is 10.6. The first-order valence-electron chi connectivity index (χ1n) is 4.25. The summed E-state index contributed by atoms with van der Waals surface area (Å²) in [4.78, 5) is -0.0859. The highest BCUT2D eigenvalue weighted by Crippen LogP contribution is 2.31. The summed E-state index contributed by atoms with van der Waals surface area (Å²) in [7, 11) is -3.80. The first-order chi connectivity index (χ1) is 6.73. The van der Waals surface area contributed by atoms with Gasteiger partial charge in [0.25, 0.3) is 0 Å². The van der Waals surface area contributed by atoms with Crippen LogP contribution >= 0.6 is 23.2 Å². The summed E-state index contributed by atoms with van der Waals surface area (Å²) >= 11 is 11.7. The summed E-state index contributed by atoms with van der Waals surface area (Å²) in [6, 6.07) is 2.82. The van der Waals surface area contributed by atoms with Crippen LogP contribution in [0, 0.1) is 0 Å². The molecule has 0 saturated carbocycles. The maximum absolute atomic E-state index is 11.2. The normalized spacial score (nSPS) is 12.1. The van der Waals surface area contributed by atoms with Gasteiger partial charge in [-0.05, 0) is 23.6 Å². The third-order valence-electron chi connectivity index (χ3n) is 1.98. The van der Waals surface area contributed by atoms with Crippen LogP contribution in [0.5, 0.6) is 0 Å². The second-order valence-corrected chi connectivity index (χ2v) is 5.85. The van der Waals surface area contributed by atoms with E-state index in [4.69, 9.17) is 28.3 Å². The zero-order valence-electron chi connectivity index (χ0n) is 8.29. The van der Waals surface area contributed by atoms with Crippen LogP contribution in [0.15, 0.2) is 17.0 Å². The number of hydrogen-bond acceptors (Lipinski definition) is 2. The molecule has 0 aliphatic carbocycles. The molecule has 0 aromatic heterocycles. The van der Waals surface area contributed by atoms with E-state index >= 15 is 0 Å². The summed E-state index contributed by atoms with van der Waals surface area (Å²) in [6.07, 6.45) is 0. The van der Waals surface area contributed by atoms with Crippen molar-refractivity contribution in [2.24, 2.45) is 5.14 Å². The SMILES string of the molecule is CC(C)c1cc(S(N)(=O)=O)c(Cl)cc1Cl. The molecule has 0 spiro atoms. The minimum atomic E-state index is -3.80. The summed E-state index contributed by atoms with van der Waals surface area (Å²) in [5.41, 5.74) is 0.713. The lowest BCUT2D eigenvalue weighted by Gasteiger charge is -2.11. The smallest absolute Gasteiger partial charge is 0.225 e. The number of benzene rings is 1. The molecule has 0 aliphatic rings. The Labute approximate surface area is 99.2 Å². The van der Waals surface area contributed by atoms with Gasteiger partial charge in [-0.3, -0.25) is 0 Å². The van der Waals surface area contributed by atoms with Crippen LogP contribution in [0.4, 0.5) is 0 Å². The van der Waals surface area contributed by atoms with Crippen molar-refractivity contribution in [1.82, 2.24) is 0 Å². The van der Waals surface area contributed by atoms with Gasteiger partial charge in [0, 0.05) is 5.02 Å². The number of sulfonamides is 1. The first-order valence-corrected chi connectivity index (χ1v) is 6.55. The number of primary sulfonamides is 1. The van der Waals surface area contributed by atoms with E-state index in [1.807, 2.05) is 13.8 Å². The maximum Gasteiger partial charge on any atom is 0.239 e. The Kier molecular flexibility index (Phi) is 3.66. The van der Waals surface area contributed by atoms with Crippen LogP contribution in [0.2, 0.25) is 10.0 Å². The number of nitrogens with two attached hydrogens (primary N) is 1. The zero-order chi connectivity index (χ0) is 11.8. The van der Waals surface area contributed by atoms with E-state index in [-0.39, 0.29) is 15.8 Å². The average molecular weight is 268 g/mol. The molecule has 0 unspecified atom stereocenters. The molecule has 0 fully saturated rings. The van der Waals surface area contributed by atoms with Crippen LogP contribution in [0.1, 0.15) is 25.3 Å². The van der Waals surface area contributed by atoms with Crippen molar-refractivity contribution in [2.75, 3.05) is 0 Å². The number of rotatable bonds is 2. The Morgan fingerprint density at radius 3 is 2.13 bits per heavy atom. The standard InChI is InChI=1S/C9H11Cl2NO2S/c1-5(2)6-3-9(15(12,13)14)8(11)4-7(6)10/h3-5H,1-2H3,(H2,12,13,14). The van der Waals surface area contributed by atoms with Crippen molar-refractivity contribution in [3.05, 3.63) is 27.7 Å². The van der Waals surface area contributed by atoms with Crippen molar-refractivity contribution in [3.63, 3.8) is 0 Å². The molecular formula is C9H11Cl2NO2S. The highest BCUT2D eigenvalue weighted by atomic mass is 35.5. The van der Waals surface area contributed by atoms with Crippen molar-refractivity contribution in [3.8, 4) is 0 Å². The lowest BCUT2D eigenvalue weighted by Crippen LogP contribution is -2.13. The third kappa shape index (κ3) is 2.84. The predicted octanol–water partition coefficient (Wildman–Crippen LogP) is 2.76. The van der Waals surface area contributed by atoms with Crippen LogP contribution in [0.25, 0.3) is 0 Å². The number of hydrogen-bond donors (Lipinski definition) is 1. The third-order valence-corrected chi connectivity index (χ3v) is 3.68. The van der Waals surface area contributed by atoms with E-state index < -0.39 is 10.0 Å². The maximum atomic E-state index is 11.2. The van der Waals surface area contributed by atoms with Gasteiger partial charge >= 0.3 is 0 Å². The fraction of sp³-hybridized carbons (Fsp3) is 0.333. The molecule has 1 aromatic carbocycles. The van der Waals surface area contributed by atoms with Gasteiger partial charge in [0.2, 0.25) is 10.0 Å². The largest absolute Gasteiger partial charge is 0.239 e. The van der Waals surface area contributed by atoms with E-state index in [1.165, 1.54) is 12.1 Å². The minimum Gasteiger partial charge on any atom is -0.225 e. The summed E-state index contributed by atoms with van der Waals surface area (Å²) < 4.78 is 22.4. The van der Waals surface area contributed by atoms with Crippen LogP contribution in [-0.4, -0.2) is 8.42 Å². The molecular weight excluding hydrogens is 257 g/mol. The van der Waals surface area contributed by atoms with Crippen LogP contribution in [-0.2, 0) is 10.0 Å². The first kappa shape index (κ1) is 12.8. The molecule has 3 nitrogen and oxygen atoms in total. The molecule has 0 amide bonds. The van der Waals surface area contributed by atoms with Gasteiger partial charge in [0.15, 0.2) is 0 Å². The number of halogens is 2. The molecule has 0 aliphatic heterocycles. The van der Waals surface area contributed by atoms with Crippen LogP contribution in [0.3, 0.4) is 0 Å². The second-order valence-electron chi connectivity index (χ2n) is 3.50. The fourth-order valence-corrected chi connectivity index (χ4v) is 2.75. The summed E-state index contributed by atoms with van der Waals surface area (Å²) in [5.74, 6) is 0.107. The Bertz CT molecular complexity index is 483. The summed E-state index contributed by atoms with van der Waals surface area (Å²) in [5, 5.41) is 5.52. The molecule has 1 rings (SSSR count). The molecule has 84 valence electrons. The quantitative estimate of drug-likeness (QED) is 0.896.